The first-order valence-electron chi connectivity index (χ1n) is 5.32. The zero-order chi connectivity index (χ0) is 10.4. The fourth-order valence-electron chi connectivity index (χ4n) is 1.87. The van der Waals surface area contributed by atoms with Gasteiger partial charge in [0.1, 0.15) is 5.52 Å². The first-order valence-corrected chi connectivity index (χ1v) is 5.32. The fourth-order valence-corrected chi connectivity index (χ4v) is 1.87. The number of aromatic nitrogens is 3. The van der Waals surface area contributed by atoms with Crippen LogP contribution in [0.2, 0.25) is 0 Å². The zero-order valence-corrected chi connectivity index (χ0v) is 8.77. The molecule has 1 aliphatic rings. The fraction of sp³-hybridized carbons (Fsp3) is 0.455. The van der Waals surface area contributed by atoms with Crippen molar-refractivity contribution in [2.75, 3.05) is 5.73 Å². The van der Waals surface area contributed by atoms with Crippen molar-refractivity contribution in [3.8, 4) is 0 Å². The molecule has 1 aliphatic carbocycles. The summed E-state index contributed by atoms with van der Waals surface area (Å²) in [5, 5.41) is 0. The van der Waals surface area contributed by atoms with E-state index in [0.29, 0.717) is 5.95 Å². The van der Waals surface area contributed by atoms with Crippen molar-refractivity contribution in [1.82, 2.24) is 14.5 Å². The average molecular weight is 202 g/mol. The van der Waals surface area contributed by atoms with E-state index < -0.39 is 0 Å². The third-order valence-electron chi connectivity index (χ3n) is 2.89. The number of imidazole rings is 1. The summed E-state index contributed by atoms with van der Waals surface area (Å²) < 4.78 is 2.03. The summed E-state index contributed by atoms with van der Waals surface area (Å²) >= 11 is 0. The number of anilines is 1. The van der Waals surface area contributed by atoms with Gasteiger partial charge in [0.2, 0.25) is 5.95 Å². The minimum atomic E-state index is 0.593. The Morgan fingerprint density at radius 2 is 2.33 bits per heavy atom. The van der Waals surface area contributed by atoms with E-state index >= 15 is 0 Å². The van der Waals surface area contributed by atoms with Crippen LogP contribution in [0.25, 0.3) is 11.2 Å². The normalized spacial score (nSPS) is 16.1. The molecule has 0 radical (unpaired) electrons. The average Bonchev–Trinajstić information content (AvgIpc) is 2.93. The van der Waals surface area contributed by atoms with Gasteiger partial charge in [-0.3, -0.25) is 4.57 Å². The molecule has 3 rings (SSSR count). The van der Waals surface area contributed by atoms with Crippen LogP contribution in [0, 0.1) is 12.8 Å². The molecule has 0 aliphatic heterocycles. The molecular formula is C11H14N4. The summed E-state index contributed by atoms with van der Waals surface area (Å²) in [4.78, 5) is 8.74. The van der Waals surface area contributed by atoms with Crippen molar-refractivity contribution < 1.29 is 0 Å². The van der Waals surface area contributed by atoms with Crippen LogP contribution in [0.3, 0.4) is 0 Å². The lowest BCUT2D eigenvalue weighted by atomic mass is 10.3. The Morgan fingerprint density at radius 3 is 3.07 bits per heavy atom. The molecule has 0 bridgehead atoms. The maximum absolute atomic E-state index is 5.89. The number of aryl methyl sites for hydroxylation is 1. The molecular weight excluding hydrogens is 188 g/mol. The molecule has 78 valence electrons. The predicted molar refractivity (Wildman–Crippen MR) is 59.4 cm³/mol. The Kier molecular flexibility index (Phi) is 1.71. The summed E-state index contributed by atoms with van der Waals surface area (Å²) in [6, 6.07) is 2.03. The van der Waals surface area contributed by atoms with E-state index in [9.17, 15) is 0 Å². The van der Waals surface area contributed by atoms with Crippen LogP contribution in [-0.4, -0.2) is 14.5 Å². The largest absolute Gasteiger partial charge is 0.369 e. The van der Waals surface area contributed by atoms with E-state index in [0.717, 1.165) is 29.2 Å². The molecule has 0 amide bonds. The molecule has 0 saturated heterocycles. The van der Waals surface area contributed by atoms with Crippen molar-refractivity contribution in [2.24, 2.45) is 5.92 Å². The Morgan fingerprint density at radius 1 is 1.53 bits per heavy atom. The summed E-state index contributed by atoms with van der Waals surface area (Å²) in [5.41, 5.74) is 8.85. The van der Waals surface area contributed by atoms with Crippen molar-refractivity contribution in [3.05, 3.63) is 17.8 Å². The van der Waals surface area contributed by atoms with Crippen LogP contribution >= 0.6 is 0 Å². The first-order chi connectivity index (χ1) is 7.24. The van der Waals surface area contributed by atoms with Gasteiger partial charge in [-0.15, -0.1) is 0 Å². The Labute approximate surface area is 88.1 Å². The van der Waals surface area contributed by atoms with Gasteiger partial charge >= 0.3 is 0 Å². The molecule has 1 fully saturated rings. The summed E-state index contributed by atoms with van der Waals surface area (Å²) in [6.07, 6.45) is 4.49. The third kappa shape index (κ3) is 1.46. The Balaban J connectivity index is 2.13. The minimum absolute atomic E-state index is 0.593. The zero-order valence-electron chi connectivity index (χ0n) is 8.77. The molecule has 1 saturated carbocycles. The van der Waals surface area contributed by atoms with Crippen LogP contribution in [0.1, 0.15) is 18.4 Å². The predicted octanol–water partition coefficient (Wildman–Crippen LogP) is 1.73. The number of nitrogen functional groups attached to an aromatic ring is 1. The van der Waals surface area contributed by atoms with Gasteiger partial charge in [-0.05, 0) is 37.3 Å². The van der Waals surface area contributed by atoms with Gasteiger partial charge in [0.25, 0.3) is 0 Å². The number of nitrogens with two attached hydrogens (primary N) is 1. The lowest BCUT2D eigenvalue weighted by Crippen LogP contribution is -2.05. The number of fused-ring (bicyclic) bond motifs is 1. The highest BCUT2D eigenvalue weighted by molar-refractivity contribution is 5.74. The lowest BCUT2D eigenvalue weighted by Gasteiger charge is -2.03. The van der Waals surface area contributed by atoms with Crippen LogP contribution in [0.15, 0.2) is 12.3 Å². The second-order valence-electron chi connectivity index (χ2n) is 4.38. The molecule has 0 aromatic carbocycles. The van der Waals surface area contributed by atoms with Crippen LogP contribution < -0.4 is 5.73 Å². The molecule has 2 heterocycles. The van der Waals surface area contributed by atoms with Crippen LogP contribution in [0.4, 0.5) is 5.95 Å². The van der Waals surface area contributed by atoms with E-state index in [1.54, 1.807) is 0 Å². The molecule has 2 aromatic rings. The maximum Gasteiger partial charge on any atom is 0.202 e. The smallest absolute Gasteiger partial charge is 0.202 e. The molecule has 2 N–H and O–H groups in total. The molecule has 4 heteroatoms. The molecule has 0 atom stereocenters. The molecule has 2 aromatic heterocycles. The molecule has 0 unspecified atom stereocenters. The second-order valence-corrected chi connectivity index (χ2v) is 4.38. The molecule has 15 heavy (non-hydrogen) atoms. The van der Waals surface area contributed by atoms with E-state index in [4.69, 9.17) is 5.73 Å². The van der Waals surface area contributed by atoms with Crippen molar-refractivity contribution in [3.63, 3.8) is 0 Å². The van der Waals surface area contributed by atoms with E-state index in [1.165, 1.54) is 12.8 Å². The molecule has 0 spiro atoms. The van der Waals surface area contributed by atoms with Crippen molar-refractivity contribution in [2.45, 2.75) is 26.3 Å². The van der Waals surface area contributed by atoms with Gasteiger partial charge in [-0.25, -0.2) is 9.97 Å². The van der Waals surface area contributed by atoms with Gasteiger partial charge in [0.05, 0.1) is 0 Å². The topological polar surface area (TPSA) is 56.7 Å². The van der Waals surface area contributed by atoms with E-state index in [2.05, 4.69) is 9.97 Å². The van der Waals surface area contributed by atoms with Crippen LogP contribution in [-0.2, 0) is 6.54 Å². The number of rotatable bonds is 2. The highest BCUT2D eigenvalue weighted by atomic mass is 15.2. The number of hydrogen-bond donors (Lipinski definition) is 1. The standard InChI is InChI=1S/C11H14N4/c1-7-4-9-10(13-5-7)15(11(12)14-9)6-8-2-3-8/h4-5,8H,2-3,6H2,1H3,(H2,12,14). The van der Waals surface area contributed by atoms with Gasteiger partial charge in [-0.2, -0.15) is 0 Å². The van der Waals surface area contributed by atoms with Crippen molar-refractivity contribution in [1.29, 1.82) is 0 Å². The number of pyridine rings is 1. The minimum Gasteiger partial charge on any atom is -0.369 e. The lowest BCUT2D eigenvalue weighted by molar-refractivity contribution is 0.646. The summed E-state index contributed by atoms with van der Waals surface area (Å²) in [6.45, 7) is 2.99. The SMILES string of the molecule is Cc1cnc2c(c1)nc(N)n2CC1CC1. The summed E-state index contributed by atoms with van der Waals surface area (Å²) in [7, 11) is 0. The third-order valence-corrected chi connectivity index (χ3v) is 2.89. The number of nitrogens with zero attached hydrogens (tertiary/aromatic N) is 3. The summed E-state index contributed by atoms with van der Waals surface area (Å²) in [5.74, 6) is 1.38. The van der Waals surface area contributed by atoms with E-state index in [1.807, 2.05) is 23.8 Å². The van der Waals surface area contributed by atoms with Gasteiger partial charge in [0.15, 0.2) is 5.65 Å². The monoisotopic (exact) mass is 202 g/mol. The van der Waals surface area contributed by atoms with Gasteiger partial charge < -0.3 is 5.73 Å². The van der Waals surface area contributed by atoms with Crippen molar-refractivity contribution >= 4 is 17.1 Å². The maximum atomic E-state index is 5.89. The van der Waals surface area contributed by atoms with Gasteiger partial charge in [0, 0.05) is 12.7 Å². The number of hydrogen-bond acceptors (Lipinski definition) is 3. The second kappa shape index (κ2) is 2.95. The first kappa shape index (κ1) is 8.71. The van der Waals surface area contributed by atoms with Crippen LogP contribution in [0.5, 0.6) is 0 Å². The highest BCUT2D eigenvalue weighted by Crippen LogP contribution is 2.32. The van der Waals surface area contributed by atoms with E-state index in [-0.39, 0.29) is 0 Å². The molecule has 4 nitrogen and oxygen atoms in total. The Hall–Kier alpha value is -1.58. The Bertz CT molecular complexity index is 511. The quantitative estimate of drug-likeness (QED) is 0.806. The van der Waals surface area contributed by atoms with Gasteiger partial charge in [-0.1, -0.05) is 0 Å². The highest BCUT2D eigenvalue weighted by Gasteiger charge is 2.24.